The van der Waals surface area contributed by atoms with Crippen LogP contribution in [0.2, 0.25) is 0 Å². The largest absolute Gasteiger partial charge is 0.382 e. The average molecular weight is 282 g/mol. The fourth-order valence-corrected chi connectivity index (χ4v) is 2.58. The van der Waals surface area contributed by atoms with E-state index >= 15 is 0 Å². The Morgan fingerprint density at radius 3 is 2.74 bits per heavy atom. The van der Waals surface area contributed by atoms with Gasteiger partial charge in [-0.05, 0) is 19.1 Å². The number of nitrogen functional groups attached to an aromatic ring is 1. The molecule has 2 rings (SSSR count). The number of aromatic nitrogens is 4. The third-order valence-corrected chi connectivity index (χ3v) is 3.51. The van der Waals surface area contributed by atoms with Gasteiger partial charge in [0.2, 0.25) is 0 Å². The Hall–Kier alpha value is -2.16. The highest BCUT2D eigenvalue weighted by Crippen LogP contribution is 2.28. The standard InChI is InChI=1S/C10H14N6O2S/c1-3-12-10-8(19(2,17)18)9(11)16(15-10)7-5-4-6-13-14-7/h4-6H,3,11H2,1-2H3,(H,12,15). The van der Waals surface area contributed by atoms with Gasteiger partial charge in [-0.25, -0.2) is 8.42 Å². The summed E-state index contributed by atoms with van der Waals surface area (Å²) in [6.07, 6.45) is 2.59. The minimum atomic E-state index is -3.49. The highest BCUT2D eigenvalue weighted by atomic mass is 32.2. The quantitative estimate of drug-likeness (QED) is 0.815. The van der Waals surface area contributed by atoms with Crippen LogP contribution >= 0.6 is 0 Å². The molecule has 102 valence electrons. The van der Waals surface area contributed by atoms with E-state index in [0.717, 1.165) is 6.26 Å². The van der Waals surface area contributed by atoms with Crippen molar-refractivity contribution in [3.8, 4) is 5.82 Å². The van der Waals surface area contributed by atoms with Crippen LogP contribution in [0.3, 0.4) is 0 Å². The van der Waals surface area contributed by atoms with Crippen molar-refractivity contribution in [1.82, 2.24) is 20.0 Å². The second-order valence-electron chi connectivity index (χ2n) is 3.86. The molecular formula is C10H14N6O2S. The summed E-state index contributed by atoms with van der Waals surface area (Å²) >= 11 is 0. The first-order valence-electron chi connectivity index (χ1n) is 5.55. The smallest absolute Gasteiger partial charge is 0.182 e. The molecule has 0 aromatic carbocycles. The van der Waals surface area contributed by atoms with Gasteiger partial charge >= 0.3 is 0 Å². The van der Waals surface area contributed by atoms with Crippen LogP contribution in [-0.4, -0.2) is 41.2 Å². The molecule has 0 fully saturated rings. The molecule has 0 aliphatic rings. The van der Waals surface area contributed by atoms with E-state index in [1.165, 1.54) is 10.9 Å². The van der Waals surface area contributed by atoms with Crippen LogP contribution in [0.25, 0.3) is 5.82 Å². The Morgan fingerprint density at radius 1 is 1.47 bits per heavy atom. The maximum absolute atomic E-state index is 11.8. The molecule has 3 N–H and O–H groups in total. The number of anilines is 2. The maximum atomic E-state index is 11.8. The predicted octanol–water partition coefficient (Wildman–Crippen LogP) is 0.0798. The summed E-state index contributed by atoms with van der Waals surface area (Å²) in [5.74, 6) is 0.584. The molecule has 0 aliphatic carbocycles. The van der Waals surface area contributed by atoms with E-state index in [-0.39, 0.29) is 16.5 Å². The highest BCUT2D eigenvalue weighted by molar-refractivity contribution is 7.91. The summed E-state index contributed by atoms with van der Waals surface area (Å²) in [6.45, 7) is 2.36. The number of hydrogen-bond donors (Lipinski definition) is 2. The van der Waals surface area contributed by atoms with Crippen LogP contribution in [0.1, 0.15) is 6.92 Å². The molecule has 0 atom stereocenters. The zero-order valence-corrected chi connectivity index (χ0v) is 11.3. The summed E-state index contributed by atoms with van der Waals surface area (Å²) < 4.78 is 24.8. The van der Waals surface area contributed by atoms with Gasteiger partial charge in [-0.15, -0.1) is 10.2 Å². The summed E-state index contributed by atoms with van der Waals surface area (Å²) in [7, 11) is -3.49. The first-order chi connectivity index (χ1) is 8.95. The van der Waals surface area contributed by atoms with Crippen LogP contribution in [-0.2, 0) is 9.84 Å². The van der Waals surface area contributed by atoms with Crippen molar-refractivity contribution >= 4 is 21.5 Å². The normalized spacial score (nSPS) is 11.5. The molecule has 0 bridgehead atoms. The van der Waals surface area contributed by atoms with E-state index in [1.807, 2.05) is 6.92 Å². The zero-order valence-electron chi connectivity index (χ0n) is 10.5. The zero-order chi connectivity index (χ0) is 14.0. The van der Waals surface area contributed by atoms with Gasteiger partial charge in [-0.1, -0.05) is 0 Å². The number of sulfone groups is 1. The fraction of sp³-hybridized carbons (Fsp3) is 0.300. The van der Waals surface area contributed by atoms with E-state index in [1.54, 1.807) is 12.1 Å². The molecule has 0 spiro atoms. The van der Waals surface area contributed by atoms with Gasteiger partial charge in [-0.3, -0.25) is 0 Å². The lowest BCUT2D eigenvalue weighted by atomic mass is 10.5. The molecule has 0 amide bonds. The first kappa shape index (κ1) is 13.3. The molecule has 9 heteroatoms. The second-order valence-corrected chi connectivity index (χ2v) is 5.81. The van der Waals surface area contributed by atoms with E-state index in [4.69, 9.17) is 5.73 Å². The molecule has 8 nitrogen and oxygen atoms in total. The second kappa shape index (κ2) is 4.84. The Morgan fingerprint density at radius 2 is 2.21 bits per heavy atom. The molecule has 2 heterocycles. The van der Waals surface area contributed by atoms with Crippen molar-refractivity contribution in [3.05, 3.63) is 18.3 Å². The minimum absolute atomic E-state index is 0.0129. The SMILES string of the molecule is CCNc1nn(-c2cccnn2)c(N)c1S(C)(=O)=O. The van der Waals surface area contributed by atoms with E-state index in [2.05, 4.69) is 20.6 Å². The van der Waals surface area contributed by atoms with Gasteiger partial charge in [0, 0.05) is 19.0 Å². The van der Waals surface area contributed by atoms with Crippen LogP contribution in [0.5, 0.6) is 0 Å². The van der Waals surface area contributed by atoms with Crippen molar-refractivity contribution in [1.29, 1.82) is 0 Å². The lowest BCUT2D eigenvalue weighted by Crippen LogP contribution is -2.07. The summed E-state index contributed by atoms with van der Waals surface area (Å²) in [5.41, 5.74) is 5.87. The molecule has 19 heavy (non-hydrogen) atoms. The summed E-state index contributed by atoms with van der Waals surface area (Å²) in [6, 6.07) is 3.30. The Balaban J connectivity index is 2.66. The first-order valence-corrected chi connectivity index (χ1v) is 7.44. The summed E-state index contributed by atoms with van der Waals surface area (Å²) in [5, 5.41) is 14.6. The predicted molar refractivity (Wildman–Crippen MR) is 70.8 cm³/mol. The molecular weight excluding hydrogens is 268 g/mol. The Bertz CT molecular complexity index is 680. The van der Waals surface area contributed by atoms with Crippen molar-refractivity contribution in [2.45, 2.75) is 11.8 Å². The van der Waals surface area contributed by atoms with Gasteiger partial charge in [0.1, 0.15) is 5.82 Å². The van der Waals surface area contributed by atoms with Crippen LogP contribution in [0.15, 0.2) is 23.2 Å². The van der Waals surface area contributed by atoms with E-state index in [0.29, 0.717) is 12.4 Å². The summed E-state index contributed by atoms with van der Waals surface area (Å²) in [4.78, 5) is -0.0278. The van der Waals surface area contributed by atoms with E-state index in [9.17, 15) is 8.42 Å². The van der Waals surface area contributed by atoms with Crippen molar-refractivity contribution in [2.75, 3.05) is 23.9 Å². The fourth-order valence-electron chi connectivity index (χ4n) is 1.65. The number of nitrogens with one attached hydrogen (secondary N) is 1. The van der Waals surface area contributed by atoms with Gasteiger partial charge in [0.05, 0.1) is 0 Å². The third kappa shape index (κ3) is 2.50. The number of rotatable bonds is 4. The van der Waals surface area contributed by atoms with Gasteiger partial charge in [-0.2, -0.15) is 9.78 Å². The van der Waals surface area contributed by atoms with Crippen LogP contribution < -0.4 is 11.1 Å². The highest BCUT2D eigenvalue weighted by Gasteiger charge is 2.24. The van der Waals surface area contributed by atoms with Crippen molar-refractivity contribution < 1.29 is 8.42 Å². The Kier molecular flexibility index (Phi) is 3.38. The van der Waals surface area contributed by atoms with Gasteiger partial charge in [0.15, 0.2) is 26.4 Å². The number of hydrogen-bond acceptors (Lipinski definition) is 7. The van der Waals surface area contributed by atoms with Crippen LogP contribution in [0, 0.1) is 0 Å². The third-order valence-electron chi connectivity index (χ3n) is 2.37. The lowest BCUT2D eigenvalue weighted by Gasteiger charge is -2.02. The molecule has 2 aromatic rings. The number of nitrogens with two attached hydrogens (primary N) is 1. The van der Waals surface area contributed by atoms with Gasteiger partial charge in [0.25, 0.3) is 0 Å². The van der Waals surface area contributed by atoms with Crippen molar-refractivity contribution in [3.63, 3.8) is 0 Å². The lowest BCUT2D eigenvalue weighted by molar-refractivity contribution is 0.602. The minimum Gasteiger partial charge on any atom is -0.382 e. The van der Waals surface area contributed by atoms with E-state index < -0.39 is 9.84 Å². The maximum Gasteiger partial charge on any atom is 0.182 e. The van der Waals surface area contributed by atoms with Crippen LogP contribution in [0.4, 0.5) is 11.6 Å². The molecule has 0 unspecified atom stereocenters. The number of nitrogens with zero attached hydrogens (tertiary/aromatic N) is 4. The average Bonchev–Trinajstić information content (AvgIpc) is 2.67. The molecule has 2 aromatic heterocycles. The molecule has 0 saturated heterocycles. The topological polar surface area (TPSA) is 116 Å². The molecule has 0 aliphatic heterocycles. The molecule has 0 saturated carbocycles. The van der Waals surface area contributed by atoms with Gasteiger partial charge < -0.3 is 11.1 Å². The van der Waals surface area contributed by atoms with Crippen molar-refractivity contribution in [2.24, 2.45) is 0 Å². The monoisotopic (exact) mass is 282 g/mol. The Labute approximate surface area is 110 Å². The molecule has 0 radical (unpaired) electrons.